The third-order valence-electron chi connectivity index (χ3n) is 2.26. The molecule has 0 aromatic carbocycles. The normalized spacial score (nSPS) is 12.2. The van der Waals surface area contributed by atoms with E-state index in [0.717, 1.165) is 6.54 Å². The SMILES string of the molecule is CCOC(=O)C(C)c1nc(N(C)CC)no1. The van der Waals surface area contributed by atoms with Gasteiger partial charge in [-0.2, -0.15) is 4.98 Å². The summed E-state index contributed by atoms with van der Waals surface area (Å²) < 4.78 is 9.89. The zero-order chi connectivity index (χ0) is 12.1. The van der Waals surface area contributed by atoms with E-state index in [2.05, 4.69) is 10.1 Å². The van der Waals surface area contributed by atoms with E-state index in [4.69, 9.17) is 9.26 Å². The molecule has 6 heteroatoms. The van der Waals surface area contributed by atoms with Crippen molar-refractivity contribution in [1.82, 2.24) is 10.1 Å². The van der Waals surface area contributed by atoms with Crippen molar-refractivity contribution in [3.63, 3.8) is 0 Å². The van der Waals surface area contributed by atoms with Crippen LogP contribution >= 0.6 is 0 Å². The second-order valence-electron chi connectivity index (χ2n) is 3.42. The maximum atomic E-state index is 11.4. The lowest BCUT2D eigenvalue weighted by molar-refractivity contribution is -0.145. The Labute approximate surface area is 94.6 Å². The van der Waals surface area contributed by atoms with Gasteiger partial charge in [0, 0.05) is 13.6 Å². The van der Waals surface area contributed by atoms with Crippen LogP contribution in [0.4, 0.5) is 5.95 Å². The van der Waals surface area contributed by atoms with Gasteiger partial charge < -0.3 is 14.2 Å². The van der Waals surface area contributed by atoms with Gasteiger partial charge in [0.05, 0.1) is 6.61 Å². The Hall–Kier alpha value is -1.59. The number of hydrogen-bond donors (Lipinski definition) is 0. The Morgan fingerprint density at radius 3 is 2.81 bits per heavy atom. The molecule has 0 amide bonds. The lowest BCUT2D eigenvalue weighted by atomic mass is 10.2. The first-order valence-electron chi connectivity index (χ1n) is 5.31. The summed E-state index contributed by atoms with van der Waals surface area (Å²) in [6.45, 7) is 6.53. The van der Waals surface area contributed by atoms with Gasteiger partial charge in [-0.05, 0) is 25.9 Å². The zero-order valence-electron chi connectivity index (χ0n) is 10.1. The molecule has 90 valence electrons. The Morgan fingerprint density at radius 2 is 2.25 bits per heavy atom. The molecule has 0 N–H and O–H groups in total. The quantitative estimate of drug-likeness (QED) is 0.704. The van der Waals surface area contributed by atoms with Crippen LogP contribution in [0, 0.1) is 0 Å². The largest absolute Gasteiger partial charge is 0.465 e. The van der Waals surface area contributed by atoms with Crippen LogP contribution in [-0.4, -0.2) is 36.3 Å². The number of carbonyl (C=O) groups is 1. The van der Waals surface area contributed by atoms with Gasteiger partial charge in [0.2, 0.25) is 5.89 Å². The minimum absolute atomic E-state index is 0.286. The van der Waals surface area contributed by atoms with Crippen molar-refractivity contribution in [2.75, 3.05) is 25.1 Å². The molecule has 0 aliphatic rings. The first kappa shape index (κ1) is 12.5. The lowest BCUT2D eigenvalue weighted by Gasteiger charge is -2.09. The first-order chi connectivity index (χ1) is 7.60. The zero-order valence-corrected chi connectivity index (χ0v) is 10.1. The molecule has 1 aromatic heterocycles. The molecule has 0 fully saturated rings. The van der Waals surface area contributed by atoms with Gasteiger partial charge in [-0.25, -0.2) is 0 Å². The summed E-state index contributed by atoms with van der Waals surface area (Å²) in [5, 5.41) is 3.78. The molecule has 0 aliphatic heterocycles. The summed E-state index contributed by atoms with van der Waals surface area (Å²) in [5.74, 6) is -0.106. The van der Waals surface area contributed by atoms with Crippen molar-refractivity contribution in [3.05, 3.63) is 5.89 Å². The third-order valence-corrected chi connectivity index (χ3v) is 2.26. The number of anilines is 1. The molecule has 1 unspecified atom stereocenters. The fourth-order valence-corrected chi connectivity index (χ4v) is 1.07. The molecule has 0 bridgehead atoms. The van der Waals surface area contributed by atoms with Crippen LogP contribution < -0.4 is 4.90 Å². The van der Waals surface area contributed by atoms with E-state index in [1.54, 1.807) is 13.8 Å². The molecule has 16 heavy (non-hydrogen) atoms. The van der Waals surface area contributed by atoms with Crippen molar-refractivity contribution < 1.29 is 14.1 Å². The van der Waals surface area contributed by atoms with Crippen molar-refractivity contribution in [2.45, 2.75) is 26.7 Å². The number of rotatable bonds is 5. The minimum Gasteiger partial charge on any atom is -0.465 e. The Kier molecular flexibility index (Phi) is 4.28. The summed E-state index contributed by atoms with van der Waals surface area (Å²) in [6.07, 6.45) is 0. The van der Waals surface area contributed by atoms with E-state index in [1.807, 2.05) is 18.9 Å². The topological polar surface area (TPSA) is 68.5 Å². The van der Waals surface area contributed by atoms with E-state index < -0.39 is 5.92 Å². The average Bonchev–Trinajstić information content (AvgIpc) is 2.76. The molecule has 0 saturated heterocycles. The van der Waals surface area contributed by atoms with Gasteiger partial charge in [0.1, 0.15) is 5.92 Å². The Bertz CT molecular complexity index is 351. The highest BCUT2D eigenvalue weighted by Gasteiger charge is 2.23. The van der Waals surface area contributed by atoms with Gasteiger partial charge in [-0.1, -0.05) is 0 Å². The smallest absolute Gasteiger partial charge is 0.318 e. The van der Waals surface area contributed by atoms with E-state index in [9.17, 15) is 4.79 Å². The highest BCUT2D eigenvalue weighted by molar-refractivity contribution is 5.76. The Morgan fingerprint density at radius 1 is 1.56 bits per heavy atom. The molecule has 0 spiro atoms. The number of carbonyl (C=O) groups excluding carboxylic acids is 1. The maximum Gasteiger partial charge on any atom is 0.318 e. The molecular weight excluding hydrogens is 210 g/mol. The van der Waals surface area contributed by atoms with Gasteiger partial charge >= 0.3 is 5.97 Å². The molecule has 0 radical (unpaired) electrons. The van der Waals surface area contributed by atoms with Gasteiger partial charge in [-0.3, -0.25) is 4.79 Å². The Balaban J connectivity index is 2.73. The summed E-state index contributed by atoms with van der Waals surface area (Å²) in [6, 6.07) is 0. The van der Waals surface area contributed by atoms with Crippen LogP contribution in [0.5, 0.6) is 0 Å². The molecule has 1 aromatic rings. The number of aromatic nitrogens is 2. The summed E-state index contributed by atoms with van der Waals surface area (Å²) in [7, 11) is 1.85. The predicted octanol–water partition coefficient (Wildman–Crippen LogP) is 1.19. The third kappa shape index (κ3) is 2.71. The van der Waals surface area contributed by atoms with Crippen LogP contribution in [0.2, 0.25) is 0 Å². The van der Waals surface area contributed by atoms with Crippen LogP contribution in [0.1, 0.15) is 32.6 Å². The minimum atomic E-state index is -0.522. The monoisotopic (exact) mass is 227 g/mol. The molecule has 1 heterocycles. The highest BCUT2D eigenvalue weighted by Crippen LogP contribution is 2.17. The van der Waals surface area contributed by atoms with Crippen LogP contribution in [0.15, 0.2) is 4.52 Å². The van der Waals surface area contributed by atoms with Gasteiger partial charge in [-0.15, -0.1) is 0 Å². The van der Waals surface area contributed by atoms with E-state index in [0.29, 0.717) is 12.6 Å². The van der Waals surface area contributed by atoms with Gasteiger partial charge in [0.15, 0.2) is 0 Å². The molecule has 1 rings (SSSR count). The number of hydrogen-bond acceptors (Lipinski definition) is 6. The summed E-state index contributed by atoms with van der Waals surface area (Å²) in [4.78, 5) is 17.4. The van der Waals surface area contributed by atoms with Crippen molar-refractivity contribution in [1.29, 1.82) is 0 Å². The molecule has 6 nitrogen and oxygen atoms in total. The van der Waals surface area contributed by atoms with Crippen molar-refractivity contribution in [2.24, 2.45) is 0 Å². The first-order valence-corrected chi connectivity index (χ1v) is 5.31. The van der Waals surface area contributed by atoms with E-state index >= 15 is 0 Å². The fourth-order valence-electron chi connectivity index (χ4n) is 1.07. The van der Waals surface area contributed by atoms with Crippen molar-refractivity contribution in [3.8, 4) is 0 Å². The standard InChI is InChI=1S/C10H17N3O3/c1-5-13(4)10-11-8(16-12-10)7(3)9(14)15-6-2/h7H,5-6H2,1-4H3. The molecular formula is C10H17N3O3. The summed E-state index contributed by atoms with van der Waals surface area (Å²) in [5.41, 5.74) is 0. The van der Waals surface area contributed by atoms with Gasteiger partial charge in [0.25, 0.3) is 5.95 Å². The van der Waals surface area contributed by atoms with Crippen LogP contribution in [0.3, 0.4) is 0 Å². The predicted molar refractivity (Wildman–Crippen MR) is 58.3 cm³/mol. The lowest BCUT2D eigenvalue weighted by Crippen LogP contribution is -2.17. The molecule has 1 atom stereocenters. The number of ether oxygens (including phenoxy) is 1. The average molecular weight is 227 g/mol. The maximum absolute atomic E-state index is 11.4. The fraction of sp³-hybridized carbons (Fsp3) is 0.700. The van der Waals surface area contributed by atoms with Crippen LogP contribution in [-0.2, 0) is 9.53 Å². The van der Waals surface area contributed by atoms with E-state index in [-0.39, 0.29) is 11.9 Å². The second kappa shape index (κ2) is 5.48. The number of esters is 1. The van der Waals surface area contributed by atoms with E-state index in [1.165, 1.54) is 0 Å². The second-order valence-corrected chi connectivity index (χ2v) is 3.42. The van der Waals surface area contributed by atoms with Crippen molar-refractivity contribution >= 4 is 11.9 Å². The molecule has 0 aliphatic carbocycles. The highest BCUT2D eigenvalue weighted by atomic mass is 16.5. The number of nitrogens with zero attached hydrogens (tertiary/aromatic N) is 3. The van der Waals surface area contributed by atoms with Crippen LogP contribution in [0.25, 0.3) is 0 Å². The summed E-state index contributed by atoms with van der Waals surface area (Å²) >= 11 is 0. The molecule has 0 saturated carbocycles.